The van der Waals surface area contributed by atoms with Gasteiger partial charge in [-0.25, -0.2) is 4.79 Å². The quantitative estimate of drug-likeness (QED) is 0.797. The van der Waals surface area contributed by atoms with Crippen molar-refractivity contribution < 1.29 is 14.3 Å². The number of rotatable bonds is 7. The molecule has 2 amide bonds. The monoisotopic (exact) mass is 383 g/mol. The number of amides is 2. The molecule has 3 rings (SSSR count). The van der Waals surface area contributed by atoms with Crippen molar-refractivity contribution in [2.75, 3.05) is 44.8 Å². The van der Waals surface area contributed by atoms with Gasteiger partial charge in [0.2, 0.25) is 0 Å². The van der Waals surface area contributed by atoms with Gasteiger partial charge >= 0.3 is 6.03 Å². The van der Waals surface area contributed by atoms with Crippen LogP contribution in [-0.2, 0) is 17.9 Å². The fourth-order valence-corrected chi connectivity index (χ4v) is 3.41. The molecule has 1 heterocycles. The Hall–Kier alpha value is -2.73. The Morgan fingerprint density at radius 1 is 1.00 bits per heavy atom. The topological polar surface area (TPSA) is 54.0 Å². The van der Waals surface area contributed by atoms with Crippen molar-refractivity contribution in [3.63, 3.8) is 0 Å². The number of hydrogen-bond acceptors (Lipinski definition) is 4. The molecule has 0 aliphatic carbocycles. The van der Waals surface area contributed by atoms with Crippen LogP contribution in [0.25, 0.3) is 0 Å². The van der Waals surface area contributed by atoms with Gasteiger partial charge in [-0.05, 0) is 30.2 Å². The minimum absolute atomic E-state index is 0.0223. The summed E-state index contributed by atoms with van der Waals surface area (Å²) in [4.78, 5) is 16.7. The average Bonchev–Trinajstić information content (AvgIpc) is 2.76. The summed E-state index contributed by atoms with van der Waals surface area (Å²) in [6.45, 7) is 6.68. The second-order valence-corrected chi connectivity index (χ2v) is 6.71. The van der Waals surface area contributed by atoms with Crippen molar-refractivity contribution >= 4 is 11.7 Å². The first kappa shape index (κ1) is 20.0. The van der Waals surface area contributed by atoms with Crippen LogP contribution in [0.3, 0.4) is 0 Å². The van der Waals surface area contributed by atoms with E-state index in [4.69, 9.17) is 9.47 Å². The average molecular weight is 383 g/mol. The van der Waals surface area contributed by atoms with Crippen molar-refractivity contribution in [3.8, 4) is 5.75 Å². The number of benzene rings is 2. The Bertz CT molecular complexity index is 773. The lowest BCUT2D eigenvalue weighted by Crippen LogP contribution is -2.51. The highest BCUT2D eigenvalue weighted by Gasteiger charge is 2.22. The van der Waals surface area contributed by atoms with Gasteiger partial charge in [-0.3, -0.25) is 0 Å². The highest BCUT2D eigenvalue weighted by atomic mass is 16.5. The third-order valence-corrected chi connectivity index (χ3v) is 5.00. The van der Waals surface area contributed by atoms with E-state index in [2.05, 4.69) is 16.3 Å². The van der Waals surface area contributed by atoms with E-state index >= 15 is 0 Å². The van der Waals surface area contributed by atoms with E-state index in [-0.39, 0.29) is 6.03 Å². The molecule has 0 radical (unpaired) electrons. The smallest absolute Gasteiger partial charge is 0.317 e. The summed E-state index contributed by atoms with van der Waals surface area (Å²) in [5.41, 5.74) is 3.29. The van der Waals surface area contributed by atoms with E-state index in [1.807, 2.05) is 54.3 Å². The van der Waals surface area contributed by atoms with E-state index < -0.39 is 0 Å². The Kier molecular flexibility index (Phi) is 7.14. The molecule has 2 aromatic carbocycles. The minimum atomic E-state index is -0.0223. The number of methoxy groups -OCH3 is 1. The summed E-state index contributed by atoms with van der Waals surface area (Å²) in [7, 11) is 1.69. The van der Waals surface area contributed by atoms with Gasteiger partial charge in [-0.2, -0.15) is 0 Å². The maximum atomic E-state index is 12.6. The van der Waals surface area contributed by atoms with Crippen LogP contribution in [-0.4, -0.2) is 50.8 Å². The molecule has 6 heteroatoms. The summed E-state index contributed by atoms with van der Waals surface area (Å²) >= 11 is 0. The van der Waals surface area contributed by atoms with Gasteiger partial charge in [0.25, 0.3) is 0 Å². The van der Waals surface area contributed by atoms with E-state index in [0.29, 0.717) is 32.8 Å². The number of carbonyl (C=O) groups is 1. The molecule has 0 bridgehead atoms. The number of nitrogens with zero attached hydrogens (tertiary/aromatic N) is 2. The molecular weight excluding hydrogens is 354 g/mol. The van der Waals surface area contributed by atoms with E-state index in [1.54, 1.807) is 7.11 Å². The van der Waals surface area contributed by atoms with Crippen LogP contribution in [0.4, 0.5) is 10.5 Å². The van der Waals surface area contributed by atoms with Crippen molar-refractivity contribution in [1.82, 2.24) is 10.2 Å². The van der Waals surface area contributed by atoms with Crippen molar-refractivity contribution in [1.29, 1.82) is 0 Å². The molecule has 0 atom stereocenters. The van der Waals surface area contributed by atoms with Gasteiger partial charge in [0.05, 0.1) is 19.4 Å². The molecule has 28 heavy (non-hydrogen) atoms. The number of ether oxygens (including phenoxy) is 2. The first-order chi connectivity index (χ1) is 13.7. The summed E-state index contributed by atoms with van der Waals surface area (Å²) in [6.07, 6.45) is 0. The fraction of sp³-hybridized carbons (Fsp3) is 0.409. The molecule has 0 aromatic heterocycles. The van der Waals surface area contributed by atoms with Gasteiger partial charge in [-0.1, -0.05) is 36.4 Å². The standard InChI is InChI=1S/C22H29N3O3/c1-3-28-17-19-9-5-4-8-18(19)16-23-22(26)25-14-12-24(13-15-25)20-10-6-7-11-21(20)27-2/h4-11H,3,12-17H2,1-2H3,(H,23,26). The van der Waals surface area contributed by atoms with Crippen LogP contribution in [0.5, 0.6) is 5.75 Å². The fourth-order valence-electron chi connectivity index (χ4n) is 3.41. The zero-order valence-corrected chi connectivity index (χ0v) is 16.7. The Morgan fingerprint density at radius 2 is 1.68 bits per heavy atom. The van der Waals surface area contributed by atoms with Crippen LogP contribution in [0.15, 0.2) is 48.5 Å². The number of piperazine rings is 1. The molecule has 0 spiro atoms. The van der Waals surface area contributed by atoms with Crippen LogP contribution >= 0.6 is 0 Å². The maximum Gasteiger partial charge on any atom is 0.317 e. The van der Waals surface area contributed by atoms with Crippen LogP contribution in [0.1, 0.15) is 18.1 Å². The second kappa shape index (κ2) is 9.99. The number of anilines is 1. The lowest BCUT2D eigenvalue weighted by molar-refractivity contribution is 0.133. The highest BCUT2D eigenvalue weighted by Crippen LogP contribution is 2.28. The predicted octanol–water partition coefficient (Wildman–Crippen LogP) is 3.26. The summed E-state index contributed by atoms with van der Waals surface area (Å²) in [6, 6.07) is 16.0. The van der Waals surface area contributed by atoms with Gasteiger partial charge in [0.15, 0.2) is 0 Å². The van der Waals surface area contributed by atoms with Crippen LogP contribution in [0.2, 0.25) is 0 Å². The molecule has 1 aliphatic rings. The molecule has 1 fully saturated rings. The molecule has 0 unspecified atom stereocenters. The lowest BCUT2D eigenvalue weighted by atomic mass is 10.1. The molecule has 150 valence electrons. The molecule has 1 N–H and O–H groups in total. The maximum absolute atomic E-state index is 12.6. The van der Waals surface area contributed by atoms with E-state index in [9.17, 15) is 4.79 Å². The molecule has 2 aromatic rings. The van der Waals surface area contributed by atoms with Crippen molar-refractivity contribution in [2.24, 2.45) is 0 Å². The lowest BCUT2D eigenvalue weighted by Gasteiger charge is -2.36. The first-order valence-electron chi connectivity index (χ1n) is 9.78. The zero-order valence-electron chi connectivity index (χ0n) is 16.7. The molecule has 1 saturated heterocycles. The van der Waals surface area contributed by atoms with Crippen LogP contribution in [0, 0.1) is 0 Å². The Labute approximate surface area is 167 Å². The molecule has 1 aliphatic heterocycles. The normalized spacial score (nSPS) is 14.1. The van der Waals surface area contributed by atoms with Crippen molar-refractivity contribution in [2.45, 2.75) is 20.1 Å². The third-order valence-electron chi connectivity index (χ3n) is 5.00. The van der Waals surface area contributed by atoms with Gasteiger partial charge < -0.3 is 24.6 Å². The summed E-state index contributed by atoms with van der Waals surface area (Å²) in [5.74, 6) is 0.867. The first-order valence-corrected chi connectivity index (χ1v) is 9.78. The number of carbonyl (C=O) groups excluding carboxylic acids is 1. The molecule has 6 nitrogen and oxygen atoms in total. The van der Waals surface area contributed by atoms with E-state index in [1.165, 1.54) is 0 Å². The summed E-state index contributed by atoms with van der Waals surface area (Å²) < 4.78 is 11.0. The van der Waals surface area contributed by atoms with Gasteiger partial charge in [0.1, 0.15) is 5.75 Å². The number of nitrogens with one attached hydrogen (secondary N) is 1. The Balaban J connectivity index is 1.52. The second-order valence-electron chi connectivity index (χ2n) is 6.71. The number of para-hydroxylation sites is 2. The highest BCUT2D eigenvalue weighted by molar-refractivity contribution is 5.74. The minimum Gasteiger partial charge on any atom is -0.495 e. The Morgan fingerprint density at radius 3 is 2.39 bits per heavy atom. The van der Waals surface area contributed by atoms with Crippen LogP contribution < -0.4 is 15.0 Å². The van der Waals surface area contributed by atoms with Gasteiger partial charge in [0, 0.05) is 39.3 Å². The zero-order chi connectivity index (χ0) is 19.8. The molecular formula is C22H29N3O3. The number of urea groups is 1. The third kappa shape index (κ3) is 4.95. The largest absolute Gasteiger partial charge is 0.495 e. The SMILES string of the molecule is CCOCc1ccccc1CNC(=O)N1CCN(c2ccccc2OC)CC1. The molecule has 0 saturated carbocycles. The number of hydrogen-bond donors (Lipinski definition) is 1. The van der Waals surface area contributed by atoms with Crippen molar-refractivity contribution in [3.05, 3.63) is 59.7 Å². The summed E-state index contributed by atoms with van der Waals surface area (Å²) in [5, 5.41) is 3.05. The predicted molar refractivity (Wildman–Crippen MR) is 111 cm³/mol. The van der Waals surface area contributed by atoms with Gasteiger partial charge in [-0.15, -0.1) is 0 Å². The van der Waals surface area contributed by atoms with E-state index in [0.717, 1.165) is 35.7 Å².